The number of carbonyl (C=O) groups is 2. The number of pyridine rings is 1. The van der Waals surface area contributed by atoms with E-state index in [2.05, 4.69) is 15.6 Å². The number of carbonyl (C=O) groups excluding carboxylic acids is 2. The Balaban J connectivity index is 1.28. The number of anilines is 1. The maximum Gasteiger partial charge on any atom is 0.227 e. The normalized spacial score (nSPS) is 31.5. The lowest BCUT2D eigenvalue weighted by Crippen LogP contribution is -2.53. The average Bonchev–Trinajstić information content (AvgIpc) is 2.61. The molecule has 26 heavy (non-hydrogen) atoms. The molecule has 0 radical (unpaired) electrons. The Kier molecular flexibility index (Phi) is 4.59. The van der Waals surface area contributed by atoms with E-state index in [-0.39, 0.29) is 23.7 Å². The molecule has 4 bridgehead atoms. The van der Waals surface area contributed by atoms with Crippen molar-refractivity contribution in [3.63, 3.8) is 0 Å². The third-order valence-corrected chi connectivity index (χ3v) is 6.41. The van der Waals surface area contributed by atoms with Gasteiger partial charge in [0.1, 0.15) is 0 Å². The number of ether oxygens (including phenoxy) is 1. The second-order valence-corrected chi connectivity index (χ2v) is 8.31. The number of nitrogens with zero attached hydrogens (tertiary/aromatic N) is 1. The van der Waals surface area contributed by atoms with Gasteiger partial charge in [0.05, 0.1) is 7.11 Å². The van der Waals surface area contributed by atoms with Crippen molar-refractivity contribution < 1.29 is 14.3 Å². The first-order chi connectivity index (χ1) is 12.6. The van der Waals surface area contributed by atoms with Crippen molar-refractivity contribution in [2.24, 2.45) is 23.2 Å². The van der Waals surface area contributed by atoms with Crippen LogP contribution in [0.4, 0.5) is 5.82 Å². The number of hydrogen-bond acceptors (Lipinski definition) is 4. The van der Waals surface area contributed by atoms with Crippen LogP contribution in [0.1, 0.15) is 44.9 Å². The van der Waals surface area contributed by atoms with E-state index in [1.54, 1.807) is 25.4 Å². The van der Waals surface area contributed by atoms with Crippen LogP contribution in [0.15, 0.2) is 18.3 Å². The number of rotatable bonds is 6. The molecule has 0 aliphatic heterocycles. The van der Waals surface area contributed by atoms with Crippen LogP contribution in [-0.4, -0.2) is 30.5 Å². The largest absolute Gasteiger partial charge is 0.493 e. The van der Waals surface area contributed by atoms with Crippen LogP contribution in [0.3, 0.4) is 0 Å². The van der Waals surface area contributed by atoms with Gasteiger partial charge in [0.25, 0.3) is 0 Å². The Morgan fingerprint density at radius 2 is 1.85 bits per heavy atom. The van der Waals surface area contributed by atoms with E-state index in [1.807, 2.05) is 0 Å². The number of methoxy groups -OCH3 is 1. The first kappa shape index (κ1) is 17.3. The van der Waals surface area contributed by atoms with E-state index in [4.69, 9.17) is 4.74 Å². The van der Waals surface area contributed by atoms with Gasteiger partial charge in [0.2, 0.25) is 11.8 Å². The van der Waals surface area contributed by atoms with Gasteiger partial charge in [-0.2, -0.15) is 0 Å². The Morgan fingerprint density at radius 1 is 1.19 bits per heavy atom. The van der Waals surface area contributed by atoms with Crippen LogP contribution in [0.5, 0.6) is 5.75 Å². The van der Waals surface area contributed by atoms with E-state index < -0.39 is 0 Å². The minimum atomic E-state index is -0.173. The van der Waals surface area contributed by atoms with Crippen molar-refractivity contribution >= 4 is 17.6 Å². The molecule has 0 unspecified atom stereocenters. The molecule has 1 aromatic rings. The Hall–Kier alpha value is -2.11. The van der Waals surface area contributed by atoms with Gasteiger partial charge in [-0.15, -0.1) is 0 Å². The molecule has 1 heterocycles. The van der Waals surface area contributed by atoms with E-state index in [1.165, 1.54) is 19.3 Å². The van der Waals surface area contributed by atoms with Crippen LogP contribution in [0.25, 0.3) is 0 Å². The molecule has 0 aromatic carbocycles. The summed E-state index contributed by atoms with van der Waals surface area (Å²) < 4.78 is 5.18. The molecular formula is C20H27N3O3. The smallest absolute Gasteiger partial charge is 0.227 e. The molecular weight excluding hydrogens is 330 g/mol. The monoisotopic (exact) mass is 357 g/mol. The van der Waals surface area contributed by atoms with Gasteiger partial charge in [-0.3, -0.25) is 9.59 Å². The van der Waals surface area contributed by atoms with Crippen molar-refractivity contribution in [1.29, 1.82) is 0 Å². The van der Waals surface area contributed by atoms with Gasteiger partial charge in [-0.1, -0.05) is 0 Å². The Labute approximate surface area is 154 Å². The third-order valence-electron chi connectivity index (χ3n) is 6.41. The average molecular weight is 357 g/mol. The molecule has 6 heteroatoms. The summed E-state index contributed by atoms with van der Waals surface area (Å²) >= 11 is 0. The second-order valence-electron chi connectivity index (χ2n) is 8.31. The molecule has 6 nitrogen and oxygen atoms in total. The van der Waals surface area contributed by atoms with Gasteiger partial charge >= 0.3 is 0 Å². The molecule has 5 rings (SSSR count). The van der Waals surface area contributed by atoms with Gasteiger partial charge in [-0.25, -0.2) is 4.98 Å². The van der Waals surface area contributed by atoms with E-state index in [9.17, 15) is 9.59 Å². The minimum absolute atomic E-state index is 0.157. The number of nitrogens with one attached hydrogen (secondary N) is 2. The summed E-state index contributed by atoms with van der Waals surface area (Å²) in [4.78, 5) is 29.1. The van der Waals surface area contributed by atoms with Crippen LogP contribution < -0.4 is 15.4 Å². The summed E-state index contributed by atoms with van der Waals surface area (Å²) in [5.41, 5.74) is -0.157. The molecule has 4 fully saturated rings. The first-order valence-corrected chi connectivity index (χ1v) is 9.65. The molecule has 4 aliphatic rings. The Morgan fingerprint density at radius 3 is 2.46 bits per heavy atom. The fraction of sp³-hybridized carbons (Fsp3) is 0.650. The van der Waals surface area contributed by atoms with E-state index in [0.717, 1.165) is 37.0 Å². The van der Waals surface area contributed by atoms with Gasteiger partial charge in [0, 0.05) is 24.6 Å². The van der Waals surface area contributed by atoms with Crippen molar-refractivity contribution in [2.75, 3.05) is 19.0 Å². The van der Waals surface area contributed by atoms with Crippen molar-refractivity contribution in [1.82, 2.24) is 10.3 Å². The highest BCUT2D eigenvalue weighted by Gasteiger charge is 2.54. The van der Waals surface area contributed by atoms with Crippen LogP contribution in [0, 0.1) is 23.2 Å². The molecule has 0 spiro atoms. The van der Waals surface area contributed by atoms with Crippen LogP contribution >= 0.6 is 0 Å². The molecule has 0 saturated heterocycles. The van der Waals surface area contributed by atoms with Crippen molar-refractivity contribution in [2.45, 2.75) is 44.9 Å². The SMILES string of the molecule is COc1cccnc1NC(=O)CCNC(=O)C12CC3CC(CC(C3)C1)C2. The summed E-state index contributed by atoms with van der Waals surface area (Å²) in [6.07, 6.45) is 8.93. The number of hydrogen-bond donors (Lipinski definition) is 2. The lowest BCUT2D eigenvalue weighted by molar-refractivity contribution is -0.146. The fourth-order valence-corrected chi connectivity index (χ4v) is 5.71. The molecule has 2 amide bonds. The standard InChI is InChI=1S/C20H27N3O3/c1-26-16-3-2-5-21-18(16)23-17(24)4-6-22-19(25)20-10-13-7-14(11-20)9-15(8-13)12-20/h2-3,5,13-15H,4,6-12H2,1H3,(H,22,25)(H,21,23,24). The number of aromatic nitrogens is 1. The van der Waals surface area contributed by atoms with Crippen molar-refractivity contribution in [3.8, 4) is 5.75 Å². The van der Waals surface area contributed by atoms with Crippen LogP contribution in [0.2, 0.25) is 0 Å². The van der Waals surface area contributed by atoms with Gasteiger partial charge in [0.15, 0.2) is 11.6 Å². The lowest BCUT2D eigenvalue weighted by atomic mass is 9.49. The molecule has 2 N–H and O–H groups in total. The maximum absolute atomic E-state index is 12.9. The zero-order valence-corrected chi connectivity index (χ0v) is 15.3. The quantitative estimate of drug-likeness (QED) is 0.820. The zero-order chi connectivity index (χ0) is 18.1. The zero-order valence-electron chi connectivity index (χ0n) is 15.3. The molecule has 140 valence electrons. The first-order valence-electron chi connectivity index (χ1n) is 9.65. The topological polar surface area (TPSA) is 80.3 Å². The maximum atomic E-state index is 12.9. The Bertz CT molecular complexity index is 668. The highest BCUT2D eigenvalue weighted by molar-refractivity contribution is 5.91. The fourth-order valence-electron chi connectivity index (χ4n) is 5.71. The van der Waals surface area contributed by atoms with Crippen molar-refractivity contribution in [3.05, 3.63) is 18.3 Å². The van der Waals surface area contributed by atoms with Crippen LogP contribution in [-0.2, 0) is 9.59 Å². The predicted octanol–water partition coefficient (Wildman–Crippen LogP) is 2.75. The number of amides is 2. The van der Waals surface area contributed by atoms with E-state index >= 15 is 0 Å². The summed E-state index contributed by atoms with van der Waals surface area (Å²) in [6, 6.07) is 3.50. The molecule has 4 saturated carbocycles. The second kappa shape index (κ2) is 6.89. The van der Waals surface area contributed by atoms with E-state index in [0.29, 0.717) is 18.1 Å². The lowest BCUT2D eigenvalue weighted by Gasteiger charge is -2.55. The van der Waals surface area contributed by atoms with Gasteiger partial charge < -0.3 is 15.4 Å². The summed E-state index contributed by atoms with van der Waals surface area (Å²) in [6.45, 7) is 0.363. The minimum Gasteiger partial charge on any atom is -0.493 e. The summed E-state index contributed by atoms with van der Waals surface area (Å²) in [5.74, 6) is 3.16. The summed E-state index contributed by atoms with van der Waals surface area (Å²) in [5, 5.41) is 5.78. The molecule has 0 atom stereocenters. The summed E-state index contributed by atoms with van der Waals surface area (Å²) in [7, 11) is 1.54. The third kappa shape index (κ3) is 3.29. The highest BCUT2D eigenvalue weighted by Crippen LogP contribution is 2.60. The molecule has 4 aliphatic carbocycles. The molecule has 1 aromatic heterocycles. The highest BCUT2D eigenvalue weighted by atomic mass is 16.5. The predicted molar refractivity (Wildman–Crippen MR) is 97.7 cm³/mol. The van der Waals surface area contributed by atoms with Gasteiger partial charge in [-0.05, 0) is 68.4 Å².